The van der Waals surface area contributed by atoms with E-state index in [0.29, 0.717) is 10.0 Å². The van der Waals surface area contributed by atoms with Crippen LogP contribution in [0.5, 0.6) is 0 Å². The van der Waals surface area contributed by atoms with Crippen molar-refractivity contribution in [2.45, 2.75) is 9.92 Å². The fourth-order valence-electron chi connectivity index (χ4n) is 1.15. The normalized spacial score (nSPS) is 10.4. The highest BCUT2D eigenvalue weighted by Crippen LogP contribution is 2.25. The molecule has 0 bridgehead atoms. The Balaban J connectivity index is 2.34. The number of benzene rings is 1. The van der Waals surface area contributed by atoms with Gasteiger partial charge in [0.05, 0.1) is 5.03 Å². The monoisotopic (exact) mass is 270 g/mol. The molecule has 2 aromatic rings. The lowest BCUT2D eigenvalue weighted by molar-refractivity contribution is 0.159. The highest BCUT2D eigenvalue weighted by molar-refractivity contribution is 7.99. The van der Waals surface area contributed by atoms with Crippen LogP contribution in [0.25, 0.3) is 0 Å². The van der Waals surface area contributed by atoms with E-state index < -0.39 is 11.2 Å². The number of rotatable bonds is 2. The van der Waals surface area contributed by atoms with Gasteiger partial charge in [0.25, 0.3) is 5.56 Å². The maximum Gasteiger partial charge on any atom is 0.362 e. The summed E-state index contributed by atoms with van der Waals surface area (Å²) in [6.45, 7) is 0. The number of nitrogens with zero attached hydrogens (tertiary/aromatic N) is 1. The van der Waals surface area contributed by atoms with Crippen molar-refractivity contribution < 1.29 is 5.21 Å². The van der Waals surface area contributed by atoms with Crippen LogP contribution in [0, 0.1) is 0 Å². The topological polar surface area (TPSA) is 75.1 Å². The molecule has 0 radical (unpaired) electrons. The van der Waals surface area contributed by atoms with E-state index in [1.54, 1.807) is 24.3 Å². The first-order valence-electron chi connectivity index (χ1n) is 4.55. The van der Waals surface area contributed by atoms with Gasteiger partial charge in [-0.25, -0.2) is 4.79 Å². The second-order valence-corrected chi connectivity index (χ2v) is 4.70. The number of nitrogens with one attached hydrogen (secondary N) is 1. The van der Waals surface area contributed by atoms with Gasteiger partial charge in [-0.2, -0.15) is 0 Å². The first-order chi connectivity index (χ1) is 8.06. The lowest BCUT2D eigenvalue weighted by Crippen LogP contribution is -2.32. The number of halogens is 1. The lowest BCUT2D eigenvalue weighted by Gasteiger charge is -2.01. The quantitative estimate of drug-likeness (QED) is 0.642. The predicted molar refractivity (Wildman–Crippen MR) is 64.1 cm³/mol. The minimum Gasteiger partial charge on any atom is -0.421 e. The first kappa shape index (κ1) is 11.8. The summed E-state index contributed by atoms with van der Waals surface area (Å²) < 4.78 is 0.0198. The van der Waals surface area contributed by atoms with Crippen molar-refractivity contribution in [1.82, 2.24) is 9.71 Å². The first-order valence-corrected chi connectivity index (χ1v) is 5.75. The van der Waals surface area contributed by atoms with E-state index in [9.17, 15) is 9.59 Å². The van der Waals surface area contributed by atoms with Gasteiger partial charge in [-0.3, -0.25) is 9.78 Å². The number of H-pyrrole nitrogens is 1. The van der Waals surface area contributed by atoms with Crippen LogP contribution in [0.4, 0.5) is 0 Å². The van der Waals surface area contributed by atoms with Crippen molar-refractivity contribution in [1.29, 1.82) is 0 Å². The molecule has 1 aromatic heterocycles. The minimum absolute atomic E-state index is 0.0198. The Labute approximate surface area is 105 Å². The molecule has 0 aliphatic heterocycles. The van der Waals surface area contributed by atoms with Crippen molar-refractivity contribution in [2.75, 3.05) is 0 Å². The number of aromatic nitrogens is 2. The molecule has 0 aliphatic rings. The zero-order valence-corrected chi connectivity index (χ0v) is 9.96. The maximum absolute atomic E-state index is 11.2. The van der Waals surface area contributed by atoms with Crippen molar-refractivity contribution >= 4 is 23.4 Å². The Morgan fingerprint density at radius 2 is 1.88 bits per heavy atom. The SMILES string of the molecule is O=c1cc(Sc2ccc(Cl)cc2)[nH]c(=O)n1O. The van der Waals surface area contributed by atoms with Gasteiger partial charge in [-0.1, -0.05) is 28.1 Å². The zero-order valence-electron chi connectivity index (χ0n) is 8.38. The fourth-order valence-corrected chi connectivity index (χ4v) is 2.10. The second kappa shape index (κ2) is 4.68. The highest BCUT2D eigenvalue weighted by Gasteiger charge is 2.04. The molecule has 17 heavy (non-hydrogen) atoms. The molecule has 1 aromatic carbocycles. The Morgan fingerprint density at radius 1 is 1.24 bits per heavy atom. The molecule has 0 spiro atoms. The molecule has 0 unspecified atom stereocenters. The van der Waals surface area contributed by atoms with E-state index in [0.717, 1.165) is 11.0 Å². The van der Waals surface area contributed by atoms with Crippen LogP contribution in [0.2, 0.25) is 5.02 Å². The summed E-state index contributed by atoms with van der Waals surface area (Å²) in [4.78, 5) is 25.5. The summed E-state index contributed by atoms with van der Waals surface area (Å²) in [5, 5.41) is 9.93. The summed E-state index contributed by atoms with van der Waals surface area (Å²) in [6, 6.07) is 8.07. The zero-order chi connectivity index (χ0) is 12.4. The van der Waals surface area contributed by atoms with Gasteiger partial charge in [-0.15, -0.1) is 0 Å². The molecule has 0 saturated heterocycles. The molecule has 2 N–H and O–H groups in total. The Bertz CT molecular complexity index is 617. The average Bonchev–Trinajstić information content (AvgIpc) is 2.29. The summed E-state index contributed by atoms with van der Waals surface area (Å²) in [5.74, 6) is 0. The summed E-state index contributed by atoms with van der Waals surface area (Å²) in [7, 11) is 0. The van der Waals surface area contributed by atoms with Gasteiger partial charge in [0.1, 0.15) is 0 Å². The van der Waals surface area contributed by atoms with Crippen LogP contribution < -0.4 is 11.2 Å². The van der Waals surface area contributed by atoms with E-state index in [1.165, 1.54) is 11.8 Å². The Kier molecular flexibility index (Phi) is 3.26. The predicted octanol–water partition coefficient (Wildman–Crippen LogP) is 1.58. The highest BCUT2D eigenvalue weighted by atomic mass is 35.5. The molecule has 0 aliphatic carbocycles. The van der Waals surface area contributed by atoms with Gasteiger partial charge < -0.3 is 5.21 Å². The van der Waals surface area contributed by atoms with E-state index in [-0.39, 0.29) is 4.73 Å². The largest absolute Gasteiger partial charge is 0.421 e. The third-order valence-electron chi connectivity index (χ3n) is 1.93. The van der Waals surface area contributed by atoms with Gasteiger partial charge in [-0.05, 0) is 24.3 Å². The van der Waals surface area contributed by atoms with Gasteiger partial charge in [0.2, 0.25) is 0 Å². The summed E-state index contributed by atoms with van der Waals surface area (Å²) >= 11 is 6.93. The number of hydrogen-bond acceptors (Lipinski definition) is 4. The average molecular weight is 271 g/mol. The lowest BCUT2D eigenvalue weighted by atomic mass is 10.4. The van der Waals surface area contributed by atoms with Gasteiger partial charge >= 0.3 is 5.69 Å². The minimum atomic E-state index is -0.867. The second-order valence-electron chi connectivity index (χ2n) is 3.14. The van der Waals surface area contributed by atoms with Crippen LogP contribution in [-0.2, 0) is 0 Å². The van der Waals surface area contributed by atoms with Crippen LogP contribution in [0.1, 0.15) is 0 Å². The van der Waals surface area contributed by atoms with Crippen molar-refractivity contribution in [2.24, 2.45) is 0 Å². The van der Waals surface area contributed by atoms with Crippen LogP contribution in [0.3, 0.4) is 0 Å². The molecular weight excluding hydrogens is 264 g/mol. The smallest absolute Gasteiger partial charge is 0.362 e. The molecular formula is C10H7ClN2O3S. The summed E-state index contributed by atoms with van der Waals surface area (Å²) in [5.41, 5.74) is -1.64. The van der Waals surface area contributed by atoms with Crippen LogP contribution in [-0.4, -0.2) is 14.9 Å². The number of aromatic amines is 1. The summed E-state index contributed by atoms with van der Waals surface area (Å²) in [6.07, 6.45) is 0. The molecule has 88 valence electrons. The molecule has 0 atom stereocenters. The molecule has 7 heteroatoms. The standard InChI is InChI=1S/C10H7ClN2O3S/c11-6-1-3-7(4-2-6)17-8-5-9(14)13(16)10(15)12-8/h1-5,16H,(H,12,15). The van der Waals surface area contributed by atoms with E-state index >= 15 is 0 Å². The Hall–Kier alpha value is -1.66. The van der Waals surface area contributed by atoms with Crippen LogP contribution >= 0.6 is 23.4 Å². The molecule has 0 saturated carbocycles. The van der Waals surface area contributed by atoms with Crippen molar-refractivity contribution in [3.8, 4) is 0 Å². The molecule has 0 fully saturated rings. The van der Waals surface area contributed by atoms with E-state index in [4.69, 9.17) is 16.8 Å². The molecule has 0 amide bonds. The third-order valence-corrected chi connectivity index (χ3v) is 3.13. The molecule has 5 nitrogen and oxygen atoms in total. The van der Waals surface area contributed by atoms with E-state index in [2.05, 4.69) is 4.98 Å². The van der Waals surface area contributed by atoms with Crippen molar-refractivity contribution in [3.05, 3.63) is 56.2 Å². The molecule has 2 rings (SSSR count). The van der Waals surface area contributed by atoms with E-state index in [1.807, 2.05) is 0 Å². The van der Waals surface area contributed by atoms with Gasteiger partial charge in [0.15, 0.2) is 0 Å². The third kappa shape index (κ3) is 2.72. The Morgan fingerprint density at radius 3 is 2.47 bits per heavy atom. The fraction of sp³-hybridized carbons (Fsp3) is 0. The van der Waals surface area contributed by atoms with Crippen LogP contribution in [0.15, 0.2) is 49.8 Å². The molecule has 1 heterocycles. The number of hydrogen-bond donors (Lipinski definition) is 2. The van der Waals surface area contributed by atoms with Crippen molar-refractivity contribution in [3.63, 3.8) is 0 Å². The van der Waals surface area contributed by atoms with Gasteiger partial charge in [0, 0.05) is 16.0 Å². The maximum atomic E-state index is 11.2.